The van der Waals surface area contributed by atoms with Crippen LogP contribution in [0.3, 0.4) is 0 Å². The molecule has 0 saturated heterocycles. The van der Waals surface area contributed by atoms with Gasteiger partial charge in [0.05, 0.1) is 67.7 Å². The zero-order valence-corrected chi connectivity index (χ0v) is 30.9. The summed E-state index contributed by atoms with van der Waals surface area (Å²) in [6, 6.07) is 26.5. The molecule has 0 aliphatic rings. The Kier molecular flexibility index (Phi) is 10.9. The highest BCUT2D eigenvalue weighted by Gasteiger charge is 2.21. The van der Waals surface area contributed by atoms with Crippen LogP contribution in [-0.4, -0.2) is 69.3 Å². The molecule has 278 valence electrons. The van der Waals surface area contributed by atoms with Crippen LogP contribution in [0.25, 0.3) is 21.9 Å². The minimum atomic E-state index is -0.529. The number of aryl methyl sites for hydroxylation is 1. The van der Waals surface area contributed by atoms with Crippen LogP contribution in [0.4, 0.5) is 11.4 Å². The van der Waals surface area contributed by atoms with Crippen molar-refractivity contribution in [2.24, 2.45) is 7.05 Å². The van der Waals surface area contributed by atoms with E-state index in [1.54, 1.807) is 25.4 Å². The highest BCUT2D eigenvalue weighted by atomic mass is 16.5. The van der Waals surface area contributed by atoms with Crippen LogP contribution in [0.1, 0.15) is 37.5 Å². The Balaban J connectivity index is 1.05. The number of aromatic nitrogens is 5. The van der Waals surface area contributed by atoms with E-state index in [2.05, 4.69) is 53.8 Å². The van der Waals surface area contributed by atoms with Crippen LogP contribution in [0.15, 0.2) is 110 Å². The molecule has 3 heterocycles. The van der Waals surface area contributed by atoms with Gasteiger partial charge in [0.15, 0.2) is 11.5 Å². The van der Waals surface area contributed by atoms with Gasteiger partial charge in [-0.1, -0.05) is 30.3 Å². The van der Waals surface area contributed by atoms with Crippen molar-refractivity contribution in [3.8, 4) is 17.2 Å². The molecule has 0 unspecified atom stereocenters. The van der Waals surface area contributed by atoms with Gasteiger partial charge in [0.2, 0.25) is 0 Å². The van der Waals surface area contributed by atoms with E-state index in [0.29, 0.717) is 40.5 Å². The molecule has 7 rings (SSSR count). The largest absolute Gasteiger partial charge is 0.495 e. The summed E-state index contributed by atoms with van der Waals surface area (Å²) in [6.45, 7) is 2.18. The van der Waals surface area contributed by atoms with Crippen LogP contribution < -0.4 is 24.8 Å². The Morgan fingerprint density at radius 1 is 0.727 bits per heavy atom. The molecule has 3 aromatic heterocycles. The number of nitrogens with one attached hydrogen (secondary N) is 2. The SMILES string of the molecule is COc1cncc(CN(CCc2ccc(NC(=O)c3cc(OC)c(OC)cc3NC(=O)c3cnc4ccccc4n3)cc2)Cc2ccc3c(cnn3C)c2)c1. The second-order valence-corrected chi connectivity index (χ2v) is 13.0. The number of carbonyl (C=O) groups is 2. The van der Waals surface area contributed by atoms with E-state index >= 15 is 0 Å². The molecule has 2 N–H and O–H groups in total. The Morgan fingerprint density at radius 2 is 1.47 bits per heavy atom. The van der Waals surface area contributed by atoms with Gasteiger partial charge in [0.1, 0.15) is 11.4 Å². The molecule has 55 heavy (non-hydrogen) atoms. The summed E-state index contributed by atoms with van der Waals surface area (Å²) in [5, 5.41) is 11.3. The lowest BCUT2D eigenvalue weighted by molar-refractivity contribution is 0.102. The summed E-state index contributed by atoms with van der Waals surface area (Å²) in [5.74, 6) is 0.419. The summed E-state index contributed by atoms with van der Waals surface area (Å²) in [4.78, 5) is 42.6. The van der Waals surface area contributed by atoms with Crippen molar-refractivity contribution in [2.45, 2.75) is 19.5 Å². The lowest BCUT2D eigenvalue weighted by Gasteiger charge is -2.23. The van der Waals surface area contributed by atoms with Gasteiger partial charge in [-0.05, 0) is 71.6 Å². The Morgan fingerprint density at radius 3 is 2.25 bits per heavy atom. The number of benzene rings is 4. The number of amides is 2. The average molecular weight is 737 g/mol. The van der Waals surface area contributed by atoms with Crippen LogP contribution in [-0.2, 0) is 26.6 Å². The van der Waals surface area contributed by atoms with Crippen molar-refractivity contribution in [1.29, 1.82) is 0 Å². The number of pyridine rings is 1. The van der Waals surface area contributed by atoms with Gasteiger partial charge in [0, 0.05) is 50.0 Å². The highest BCUT2D eigenvalue weighted by molar-refractivity contribution is 6.12. The third kappa shape index (κ3) is 8.53. The van der Waals surface area contributed by atoms with Gasteiger partial charge in [0.25, 0.3) is 11.8 Å². The molecule has 13 heteroatoms. The normalized spacial score (nSPS) is 11.1. The van der Waals surface area contributed by atoms with E-state index in [1.165, 1.54) is 32.0 Å². The standard InChI is InChI=1S/C42H40N8O5/c1-49-38-14-11-28(17-30(38)22-45-49)25-50(26-29-18-32(53-2)23-43-21-29)16-15-27-9-12-31(13-10-27)46-41(51)33-19-39(54-3)40(55-4)20-36(33)48-42(52)37-24-44-34-7-5-6-8-35(34)47-37/h5-14,17-24H,15-16,25-26H2,1-4H3,(H,46,51)(H,48,52). The summed E-state index contributed by atoms with van der Waals surface area (Å²) in [6.07, 6.45) is 7.62. The van der Waals surface area contributed by atoms with Crippen molar-refractivity contribution in [2.75, 3.05) is 38.5 Å². The zero-order valence-electron chi connectivity index (χ0n) is 30.9. The predicted molar refractivity (Wildman–Crippen MR) is 211 cm³/mol. The van der Waals surface area contributed by atoms with Gasteiger partial charge >= 0.3 is 0 Å². The van der Waals surface area contributed by atoms with Crippen molar-refractivity contribution in [3.63, 3.8) is 0 Å². The molecule has 13 nitrogen and oxygen atoms in total. The molecule has 0 fully saturated rings. The van der Waals surface area contributed by atoms with Crippen LogP contribution in [0, 0.1) is 0 Å². The van der Waals surface area contributed by atoms with E-state index < -0.39 is 11.8 Å². The molecule has 2 amide bonds. The fourth-order valence-electron chi connectivity index (χ4n) is 6.37. The number of anilines is 2. The van der Waals surface area contributed by atoms with Crippen molar-refractivity contribution in [1.82, 2.24) is 29.6 Å². The lowest BCUT2D eigenvalue weighted by atomic mass is 10.1. The third-order valence-electron chi connectivity index (χ3n) is 9.25. The maximum Gasteiger partial charge on any atom is 0.275 e. The van der Waals surface area contributed by atoms with Gasteiger partial charge in [-0.25, -0.2) is 4.98 Å². The first-order valence-corrected chi connectivity index (χ1v) is 17.6. The fourth-order valence-corrected chi connectivity index (χ4v) is 6.37. The number of fused-ring (bicyclic) bond motifs is 2. The minimum absolute atomic E-state index is 0.101. The molecular weight excluding hydrogens is 697 g/mol. The molecule has 4 aromatic carbocycles. The van der Waals surface area contributed by atoms with Crippen LogP contribution in [0.2, 0.25) is 0 Å². The van der Waals surface area contributed by atoms with E-state index in [4.69, 9.17) is 14.2 Å². The number of para-hydroxylation sites is 2. The first-order valence-electron chi connectivity index (χ1n) is 17.6. The van der Waals surface area contributed by atoms with Gasteiger partial charge in [-0.15, -0.1) is 0 Å². The number of hydrogen-bond donors (Lipinski definition) is 2. The Hall–Kier alpha value is -6.86. The Bertz CT molecular complexity index is 2480. The number of methoxy groups -OCH3 is 3. The molecule has 7 aromatic rings. The van der Waals surface area contributed by atoms with Crippen molar-refractivity contribution in [3.05, 3.63) is 138 Å². The molecule has 0 bridgehead atoms. The van der Waals surface area contributed by atoms with E-state index in [1.807, 2.05) is 72.7 Å². The topological polar surface area (TPSA) is 146 Å². The summed E-state index contributed by atoms with van der Waals surface area (Å²) in [5.41, 5.74) is 6.76. The quantitative estimate of drug-likeness (QED) is 0.124. The minimum Gasteiger partial charge on any atom is -0.495 e. The number of carbonyl (C=O) groups excluding carboxylic acids is 2. The predicted octanol–water partition coefficient (Wildman–Crippen LogP) is 6.69. The molecule has 0 radical (unpaired) electrons. The Labute approximate surface area is 317 Å². The summed E-state index contributed by atoms with van der Waals surface area (Å²) in [7, 11) is 6.55. The third-order valence-corrected chi connectivity index (χ3v) is 9.25. The summed E-state index contributed by atoms with van der Waals surface area (Å²) < 4.78 is 18.2. The molecule has 0 spiro atoms. The van der Waals surface area contributed by atoms with Gasteiger partial charge in [-0.3, -0.25) is 29.1 Å². The molecule has 0 atom stereocenters. The second-order valence-electron chi connectivity index (χ2n) is 13.0. The first-order chi connectivity index (χ1) is 26.8. The van der Waals surface area contributed by atoms with E-state index in [-0.39, 0.29) is 16.9 Å². The van der Waals surface area contributed by atoms with E-state index in [0.717, 1.165) is 41.5 Å². The molecular formula is C42H40N8O5. The van der Waals surface area contributed by atoms with Crippen molar-refractivity contribution >= 4 is 45.1 Å². The average Bonchev–Trinajstić information content (AvgIpc) is 3.59. The van der Waals surface area contributed by atoms with E-state index in [9.17, 15) is 9.59 Å². The number of hydrogen-bond acceptors (Lipinski definition) is 10. The molecule has 0 aliphatic carbocycles. The zero-order chi connectivity index (χ0) is 38.3. The number of rotatable bonds is 14. The second kappa shape index (κ2) is 16.4. The monoisotopic (exact) mass is 736 g/mol. The van der Waals surface area contributed by atoms with Crippen LogP contribution in [0.5, 0.6) is 17.2 Å². The maximum absolute atomic E-state index is 13.8. The molecule has 0 aliphatic heterocycles. The molecule has 0 saturated carbocycles. The fraction of sp³-hybridized carbons (Fsp3) is 0.190. The number of ether oxygens (including phenoxy) is 3. The van der Waals surface area contributed by atoms with Crippen molar-refractivity contribution < 1.29 is 23.8 Å². The smallest absolute Gasteiger partial charge is 0.275 e. The van der Waals surface area contributed by atoms with Gasteiger partial charge in [-0.2, -0.15) is 5.10 Å². The maximum atomic E-state index is 13.8. The van der Waals surface area contributed by atoms with Crippen LogP contribution >= 0.6 is 0 Å². The number of nitrogens with zero attached hydrogens (tertiary/aromatic N) is 6. The van der Waals surface area contributed by atoms with Gasteiger partial charge < -0.3 is 24.8 Å². The lowest BCUT2D eigenvalue weighted by Crippen LogP contribution is -2.25. The highest BCUT2D eigenvalue weighted by Crippen LogP contribution is 2.34. The summed E-state index contributed by atoms with van der Waals surface area (Å²) >= 11 is 0. The first kappa shape index (κ1) is 36.5.